The van der Waals surface area contributed by atoms with Crippen LogP contribution in [0.15, 0.2) is 0 Å². The second kappa shape index (κ2) is 7.11. The number of rotatable bonds is 1. The quantitative estimate of drug-likeness (QED) is 0.340. The van der Waals surface area contributed by atoms with Gasteiger partial charge in [0.2, 0.25) is 0 Å². The van der Waals surface area contributed by atoms with E-state index in [1.165, 1.54) is 0 Å². The fourth-order valence-electron chi connectivity index (χ4n) is 0.102. The van der Waals surface area contributed by atoms with Crippen molar-refractivity contribution >= 4 is 74.8 Å². The molecule has 0 saturated heterocycles. The topological polar surface area (TPSA) is 104 Å². The molecule has 0 atom stereocenters. The summed E-state index contributed by atoms with van der Waals surface area (Å²) in [6.07, 6.45) is -1.99. The molecule has 0 unspecified atom stereocenters. The van der Waals surface area contributed by atoms with Gasteiger partial charge in [0.05, 0.1) is 0 Å². The third-order valence-corrected chi connectivity index (χ3v) is 0.591. The third-order valence-electron chi connectivity index (χ3n) is 0.197. The molecule has 0 fully saturated rings. The number of carbonyl (C=O) groups is 1. The Morgan fingerprint density at radius 1 is 1.40 bits per heavy atom. The summed E-state index contributed by atoms with van der Waals surface area (Å²) in [5.41, 5.74) is 0. The Morgan fingerprint density at radius 3 is 1.70 bits per heavy atom. The van der Waals surface area contributed by atoms with Crippen molar-refractivity contribution in [1.29, 1.82) is 0 Å². The normalized spacial score (nSPS) is 8.60. The van der Waals surface area contributed by atoms with Gasteiger partial charge in [0.15, 0.2) is 0 Å². The van der Waals surface area contributed by atoms with Gasteiger partial charge in [-0.3, -0.25) is 9.79 Å². The summed E-state index contributed by atoms with van der Waals surface area (Å²) >= 11 is 0. The summed E-state index contributed by atoms with van der Waals surface area (Å²) in [5, 5.41) is 7.53. The maximum Gasteiger partial charge on any atom is 0.316 e. The minimum Gasteiger partial charge on any atom is 0.316 e. The monoisotopic (exact) mass is 210 g/mol. The molecule has 6 nitrogen and oxygen atoms in total. The Kier molecular flexibility index (Phi) is 12.5. The van der Waals surface area contributed by atoms with Gasteiger partial charge >= 0.3 is 74.8 Å². The fraction of sp³-hybridized carbons (Fsp3) is 0. The molecule has 0 bridgehead atoms. The molecule has 0 heterocycles. The van der Waals surface area contributed by atoms with Crippen molar-refractivity contribution in [1.82, 2.24) is 0 Å². The average molecular weight is 210 g/mol. The van der Waals surface area contributed by atoms with Crippen LogP contribution < -0.4 is 0 Å². The Morgan fingerprint density at radius 2 is 1.70 bits per heavy atom. The molecule has 0 spiro atoms. The smallest absolute Gasteiger partial charge is 0.316 e. The Bertz CT molecular complexity index is 141. The van der Waals surface area contributed by atoms with Crippen molar-refractivity contribution < 1.29 is 28.8 Å². The summed E-state index contributed by atoms with van der Waals surface area (Å²) in [4.78, 5) is 24.7. The van der Waals surface area contributed by atoms with Crippen LogP contribution in [0.4, 0.5) is 4.79 Å². The van der Waals surface area contributed by atoms with E-state index >= 15 is 0 Å². The molecule has 9 heteroatoms. The molecule has 0 aliphatic heterocycles. The van der Waals surface area contributed by atoms with Crippen molar-refractivity contribution in [3.8, 4) is 0 Å². The molecule has 56 valence electrons. The SMILES string of the molecule is O=C(O)OP(=O)(O)O.[CaH2].[MgH2]. The van der Waals surface area contributed by atoms with Gasteiger partial charge in [0, 0.05) is 0 Å². The fourth-order valence-corrected chi connectivity index (χ4v) is 0.305. The number of hydrogen-bond acceptors (Lipinski definition) is 3. The Balaban J connectivity index is -0.000000245. The largest absolute Gasteiger partial charge is 0.316 e. The van der Waals surface area contributed by atoms with Crippen LogP contribution in [0.2, 0.25) is 0 Å². The van der Waals surface area contributed by atoms with E-state index < -0.39 is 14.0 Å². The number of hydrogen-bond donors (Lipinski definition) is 3. The number of phosphoric acid groups is 1. The second-order valence-corrected chi connectivity index (χ2v) is 2.01. The zero-order valence-electron chi connectivity index (χ0n) is 3.51. The summed E-state index contributed by atoms with van der Waals surface area (Å²) in [6, 6.07) is 0. The van der Waals surface area contributed by atoms with Crippen LogP contribution in [0.25, 0.3) is 0 Å². The first-order chi connectivity index (χ1) is 3.42. The zero-order valence-corrected chi connectivity index (χ0v) is 4.41. The van der Waals surface area contributed by atoms with Gasteiger partial charge in [-0.05, 0) is 0 Å². The first kappa shape index (κ1) is 17.5. The molecule has 0 aliphatic rings. The average Bonchev–Trinajstić information content (AvgIpc) is 1.21. The predicted octanol–water partition coefficient (Wildman–Crippen LogP) is -2.06. The molecule has 0 aromatic heterocycles. The van der Waals surface area contributed by atoms with Crippen LogP contribution in [0, 0.1) is 0 Å². The Hall–Kier alpha value is 1.45. The van der Waals surface area contributed by atoms with Crippen molar-refractivity contribution in [2.45, 2.75) is 0 Å². The van der Waals surface area contributed by atoms with E-state index in [9.17, 15) is 9.36 Å². The van der Waals surface area contributed by atoms with Crippen molar-refractivity contribution in [3.05, 3.63) is 0 Å². The van der Waals surface area contributed by atoms with Crippen molar-refractivity contribution in [2.24, 2.45) is 0 Å². The first-order valence-corrected chi connectivity index (χ1v) is 2.93. The van der Waals surface area contributed by atoms with Crippen LogP contribution in [0.3, 0.4) is 0 Å². The first-order valence-electron chi connectivity index (χ1n) is 1.40. The molecule has 0 radical (unpaired) electrons. The molecule has 10 heavy (non-hydrogen) atoms. The van der Waals surface area contributed by atoms with Gasteiger partial charge in [-0.15, -0.1) is 0 Å². The van der Waals surface area contributed by atoms with Gasteiger partial charge in [0.25, 0.3) is 0 Å². The van der Waals surface area contributed by atoms with E-state index in [1.807, 2.05) is 0 Å². The molecule has 0 aliphatic carbocycles. The standard InChI is InChI=1S/CH3O6P.Ca.Mg.4H/c2-1(3)7-8(4,5)6;;;;;;/h(H,2,3)(H2,4,5,6);;;;;;. The second-order valence-electron chi connectivity index (χ2n) is 0.848. The summed E-state index contributed by atoms with van der Waals surface area (Å²) in [7, 11) is -4.82. The summed E-state index contributed by atoms with van der Waals surface area (Å²) in [6.45, 7) is 0. The van der Waals surface area contributed by atoms with Crippen LogP contribution in [0.1, 0.15) is 0 Å². The molecule has 0 saturated carbocycles. The maximum absolute atomic E-state index is 9.53. The minimum absolute atomic E-state index is 0. The van der Waals surface area contributed by atoms with E-state index in [0.717, 1.165) is 0 Å². The van der Waals surface area contributed by atoms with E-state index in [2.05, 4.69) is 4.52 Å². The van der Waals surface area contributed by atoms with Crippen LogP contribution in [-0.2, 0) is 9.09 Å². The van der Waals surface area contributed by atoms with E-state index in [4.69, 9.17) is 14.9 Å². The molecular weight excluding hydrogens is 203 g/mol. The number of phosphoric ester groups is 1. The van der Waals surface area contributed by atoms with E-state index in [-0.39, 0.29) is 60.8 Å². The molecule has 0 aromatic carbocycles. The van der Waals surface area contributed by atoms with Crippen LogP contribution in [0.5, 0.6) is 0 Å². The third kappa shape index (κ3) is 16.2. The molecule has 0 amide bonds. The molecule has 3 N–H and O–H groups in total. The van der Waals surface area contributed by atoms with E-state index in [1.54, 1.807) is 0 Å². The van der Waals surface area contributed by atoms with Gasteiger partial charge in [0.1, 0.15) is 0 Å². The maximum atomic E-state index is 9.53. The van der Waals surface area contributed by atoms with Gasteiger partial charge in [-0.1, -0.05) is 0 Å². The summed E-state index contributed by atoms with van der Waals surface area (Å²) in [5.74, 6) is 0. The minimum atomic E-state index is -4.82. The van der Waals surface area contributed by atoms with Crippen LogP contribution >= 0.6 is 7.82 Å². The van der Waals surface area contributed by atoms with Crippen LogP contribution in [-0.4, -0.2) is 81.8 Å². The zero-order chi connectivity index (χ0) is 6.78. The van der Waals surface area contributed by atoms with Crippen molar-refractivity contribution in [2.75, 3.05) is 0 Å². The van der Waals surface area contributed by atoms with Gasteiger partial charge in [-0.2, -0.15) is 0 Å². The molecule has 0 aromatic rings. The molecular formula is CH7CaMgO6P. The molecule has 0 rings (SSSR count). The van der Waals surface area contributed by atoms with Crippen molar-refractivity contribution in [3.63, 3.8) is 0 Å². The summed E-state index contributed by atoms with van der Waals surface area (Å²) < 4.78 is 12.6. The number of carboxylic acid groups (broad SMARTS) is 1. The Labute approximate surface area is 102 Å². The predicted molar refractivity (Wildman–Crippen MR) is 38.2 cm³/mol. The van der Waals surface area contributed by atoms with E-state index in [0.29, 0.717) is 0 Å². The van der Waals surface area contributed by atoms with Gasteiger partial charge in [-0.25, -0.2) is 9.36 Å². The van der Waals surface area contributed by atoms with Gasteiger partial charge < -0.3 is 9.63 Å².